The molecule has 0 saturated heterocycles. The van der Waals surface area contributed by atoms with Gasteiger partial charge in [0.1, 0.15) is 5.76 Å². The van der Waals surface area contributed by atoms with E-state index in [0.717, 1.165) is 0 Å². The first kappa shape index (κ1) is 10.0. The van der Waals surface area contributed by atoms with Gasteiger partial charge in [-0.1, -0.05) is 0 Å². The van der Waals surface area contributed by atoms with E-state index in [1.165, 1.54) is 12.3 Å². The van der Waals surface area contributed by atoms with E-state index in [-0.39, 0.29) is 5.57 Å². The lowest BCUT2D eigenvalue weighted by molar-refractivity contribution is -0.139. The Morgan fingerprint density at radius 1 is 1.43 bits per heavy atom. The zero-order valence-corrected chi connectivity index (χ0v) is 7.14. The van der Waals surface area contributed by atoms with Crippen molar-refractivity contribution in [3.63, 3.8) is 0 Å². The van der Waals surface area contributed by atoms with Gasteiger partial charge in [0.2, 0.25) is 0 Å². The molecule has 0 spiro atoms. The van der Waals surface area contributed by atoms with Crippen molar-refractivity contribution in [3.05, 3.63) is 29.7 Å². The summed E-state index contributed by atoms with van der Waals surface area (Å²) in [6.45, 7) is 0. The Morgan fingerprint density at radius 3 is 2.57 bits per heavy atom. The molecule has 14 heavy (non-hydrogen) atoms. The van der Waals surface area contributed by atoms with Gasteiger partial charge in [0.05, 0.1) is 18.3 Å². The summed E-state index contributed by atoms with van der Waals surface area (Å²) in [5, 5.41) is 17.1. The second-order valence-corrected chi connectivity index (χ2v) is 2.56. The Hall–Kier alpha value is -2.04. The first-order valence-corrected chi connectivity index (χ1v) is 3.79. The molecule has 0 atom stereocenters. The summed E-state index contributed by atoms with van der Waals surface area (Å²) in [7, 11) is 0. The first-order chi connectivity index (χ1) is 6.59. The third kappa shape index (κ3) is 2.78. The van der Waals surface area contributed by atoms with E-state index in [1.807, 2.05) is 0 Å². The van der Waals surface area contributed by atoms with Gasteiger partial charge in [0, 0.05) is 0 Å². The topological polar surface area (TPSA) is 87.7 Å². The van der Waals surface area contributed by atoms with Crippen LogP contribution in [0.25, 0.3) is 6.08 Å². The molecule has 0 saturated carbocycles. The number of aliphatic carboxylic acids is 2. The maximum absolute atomic E-state index is 10.6. The molecule has 74 valence electrons. The summed E-state index contributed by atoms with van der Waals surface area (Å²) in [6.07, 6.45) is 2.04. The molecule has 5 nitrogen and oxygen atoms in total. The average Bonchev–Trinajstić information content (AvgIpc) is 2.54. The van der Waals surface area contributed by atoms with Crippen LogP contribution in [0.4, 0.5) is 0 Å². The molecule has 2 N–H and O–H groups in total. The predicted octanol–water partition coefficient (Wildman–Crippen LogP) is 1.22. The summed E-state index contributed by atoms with van der Waals surface area (Å²) in [6, 6.07) is 3.14. The van der Waals surface area contributed by atoms with Crippen LogP contribution in [0.5, 0.6) is 0 Å². The van der Waals surface area contributed by atoms with E-state index < -0.39 is 18.4 Å². The van der Waals surface area contributed by atoms with E-state index in [1.54, 1.807) is 12.1 Å². The van der Waals surface area contributed by atoms with Gasteiger partial charge in [-0.2, -0.15) is 0 Å². The number of rotatable bonds is 4. The molecule has 0 unspecified atom stereocenters. The van der Waals surface area contributed by atoms with Gasteiger partial charge >= 0.3 is 11.9 Å². The van der Waals surface area contributed by atoms with E-state index >= 15 is 0 Å². The van der Waals surface area contributed by atoms with Gasteiger partial charge in [0.15, 0.2) is 0 Å². The standard InChI is InChI=1S/C9H8O5/c10-8(11)5-6(9(12)13)4-7-2-1-3-14-7/h1-4H,5H2,(H,10,11)(H,12,13)/b6-4+. The lowest BCUT2D eigenvalue weighted by atomic mass is 10.1. The zero-order chi connectivity index (χ0) is 10.6. The molecule has 1 aromatic heterocycles. The summed E-state index contributed by atoms with van der Waals surface area (Å²) in [5.41, 5.74) is -0.215. The monoisotopic (exact) mass is 196 g/mol. The summed E-state index contributed by atoms with van der Waals surface area (Å²) in [5.74, 6) is -2.13. The molecule has 0 aliphatic carbocycles. The predicted molar refractivity (Wildman–Crippen MR) is 46.6 cm³/mol. The van der Waals surface area contributed by atoms with Crippen LogP contribution in [-0.2, 0) is 9.59 Å². The maximum atomic E-state index is 10.6. The fourth-order valence-corrected chi connectivity index (χ4v) is 0.896. The maximum Gasteiger partial charge on any atom is 0.332 e. The van der Waals surface area contributed by atoms with Crippen molar-refractivity contribution in [2.24, 2.45) is 0 Å². The SMILES string of the molecule is O=C(O)C/C(=C\c1ccco1)C(=O)O. The highest BCUT2D eigenvalue weighted by Crippen LogP contribution is 2.10. The fourth-order valence-electron chi connectivity index (χ4n) is 0.896. The molecule has 0 aromatic carbocycles. The summed E-state index contributed by atoms with van der Waals surface area (Å²) >= 11 is 0. The molecule has 1 aromatic rings. The summed E-state index contributed by atoms with van der Waals surface area (Å²) in [4.78, 5) is 20.9. The Morgan fingerprint density at radius 2 is 2.14 bits per heavy atom. The van der Waals surface area contributed by atoms with Crippen LogP contribution >= 0.6 is 0 Å². The molecule has 1 heterocycles. The van der Waals surface area contributed by atoms with Crippen molar-refractivity contribution in [1.82, 2.24) is 0 Å². The highest BCUT2D eigenvalue weighted by Gasteiger charge is 2.12. The second kappa shape index (κ2) is 4.27. The van der Waals surface area contributed by atoms with Crippen molar-refractivity contribution in [2.45, 2.75) is 6.42 Å². The normalized spacial score (nSPS) is 11.3. The highest BCUT2D eigenvalue weighted by molar-refractivity contribution is 5.96. The lowest BCUT2D eigenvalue weighted by Crippen LogP contribution is -2.06. The van der Waals surface area contributed by atoms with E-state index in [9.17, 15) is 9.59 Å². The highest BCUT2D eigenvalue weighted by atomic mass is 16.4. The molecule has 0 radical (unpaired) electrons. The van der Waals surface area contributed by atoms with Gasteiger partial charge in [0.25, 0.3) is 0 Å². The third-order valence-corrected chi connectivity index (χ3v) is 1.48. The average molecular weight is 196 g/mol. The van der Waals surface area contributed by atoms with Crippen LogP contribution in [-0.4, -0.2) is 22.2 Å². The molecular weight excluding hydrogens is 188 g/mol. The van der Waals surface area contributed by atoms with Crippen molar-refractivity contribution in [1.29, 1.82) is 0 Å². The van der Waals surface area contributed by atoms with Crippen molar-refractivity contribution in [3.8, 4) is 0 Å². The Balaban J connectivity index is 2.88. The molecule has 0 bridgehead atoms. The van der Waals surface area contributed by atoms with Crippen LogP contribution < -0.4 is 0 Å². The van der Waals surface area contributed by atoms with Gasteiger partial charge in [-0.3, -0.25) is 4.79 Å². The Bertz CT molecular complexity index is 361. The van der Waals surface area contributed by atoms with Crippen LogP contribution in [0.1, 0.15) is 12.2 Å². The minimum absolute atomic E-state index is 0.215. The number of carboxylic acids is 2. The molecule has 0 fully saturated rings. The van der Waals surface area contributed by atoms with Crippen molar-refractivity contribution < 1.29 is 24.2 Å². The minimum atomic E-state index is -1.26. The van der Waals surface area contributed by atoms with Gasteiger partial charge in [-0.15, -0.1) is 0 Å². The minimum Gasteiger partial charge on any atom is -0.481 e. The molecule has 0 aliphatic rings. The number of carbonyl (C=O) groups is 2. The van der Waals surface area contributed by atoms with Gasteiger partial charge < -0.3 is 14.6 Å². The van der Waals surface area contributed by atoms with Crippen LogP contribution in [0.2, 0.25) is 0 Å². The first-order valence-electron chi connectivity index (χ1n) is 3.79. The Labute approximate surface area is 79.3 Å². The summed E-state index contributed by atoms with van der Waals surface area (Å²) < 4.78 is 4.86. The largest absolute Gasteiger partial charge is 0.481 e. The second-order valence-electron chi connectivity index (χ2n) is 2.56. The smallest absolute Gasteiger partial charge is 0.332 e. The molecular formula is C9H8O5. The number of hydrogen-bond acceptors (Lipinski definition) is 3. The van der Waals surface area contributed by atoms with Crippen molar-refractivity contribution >= 4 is 18.0 Å². The number of carboxylic acid groups (broad SMARTS) is 2. The zero-order valence-electron chi connectivity index (χ0n) is 7.14. The number of furan rings is 1. The van der Waals surface area contributed by atoms with Crippen molar-refractivity contribution in [2.75, 3.05) is 0 Å². The third-order valence-electron chi connectivity index (χ3n) is 1.48. The molecule has 0 aliphatic heterocycles. The van der Waals surface area contributed by atoms with E-state index in [4.69, 9.17) is 14.6 Å². The van der Waals surface area contributed by atoms with E-state index in [2.05, 4.69) is 0 Å². The van der Waals surface area contributed by atoms with Crippen LogP contribution in [0.3, 0.4) is 0 Å². The Kier molecular flexibility index (Phi) is 3.06. The molecule has 5 heteroatoms. The van der Waals surface area contributed by atoms with E-state index in [0.29, 0.717) is 5.76 Å². The fraction of sp³-hybridized carbons (Fsp3) is 0.111. The molecule has 0 amide bonds. The lowest BCUT2D eigenvalue weighted by Gasteiger charge is -1.96. The van der Waals surface area contributed by atoms with Gasteiger partial charge in [-0.25, -0.2) is 4.79 Å². The van der Waals surface area contributed by atoms with Crippen LogP contribution in [0.15, 0.2) is 28.4 Å². The molecule has 1 rings (SSSR count). The quantitative estimate of drug-likeness (QED) is 0.707. The number of hydrogen-bond donors (Lipinski definition) is 2. The van der Waals surface area contributed by atoms with Gasteiger partial charge in [-0.05, 0) is 18.2 Å². The van der Waals surface area contributed by atoms with Crippen LogP contribution in [0, 0.1) is 0 Å².